The number of hydrogen-bond donors (Lipinski definition) is 1. The molecule has 124 valence electrons. The first-order valence-corrected chi connectivity index (χ1v) is 9.14. The number of piperazine rings is 1. The van der Waals surface area contributed by atoms with E-state index in [-0.39, 0.29) is 0 Å². The van der Waals surface area contributed by atoms with Crippen molar-refractivity contribution in [3.8, 4) is 0 Å². The monoisotopic (exact) mass is 397 g/mol. The van der Waals surface area contributed by atoms with E-state index in [1.807, 2.05) is 22.9 Å². The molecule has 23 heavy (non-hydrogen) atoms. The Morgan fingerprint density at radius 3 is 3.00 bits per heavy atom. The number of pyridine rings is 1. The lowest BCUT2D eigenvalue weighted by molar-refractivity contribution is 0.129. The van der Waals surface area contributed by atoms with Crippen LogP contribution >= 0.6 is 27.3 Å². The molecule has 0 saturated carbocycles. The summed E-state index contributed by atoms with van der Waals surface area (Å²) in [5.74, 6) is 0.733. The molecule has 3 rings (SSSR count). The maximum atomic E-state index is 5.20. The lowest BCUT2D eigenvalue weighted by atomic mass is 10.3. The van der Waals surface area contributed by atoms with Gasteiger partial charge in [0.15, 0.2) is 10.6 Å². The molecule has 0 aromatic carbocycles. The molecule has 6 nitrogen and oxygen atoms in total. The Morgan fingerprint density at radius 1 is 1.39 bits per heavy atom. The molecule has 2 aromatic heterocycles. The zero-order valence-electron chi connectivity index (χ0n) is 13.0. The summed E-state index contributed by atoms with van der Waals surface area (Å²) in [5.41, 5.74) is 1.06. The van der Waals surface area contributed by atoms with E-state index in [1.165, 1.54) is 0 Å². The number of methoxy groups -OCH3 is 1. The summed E-state index contributed by atoms with van der Waals surface area (Å²) < 4.78 is 8.18. The van der Waals surface area contributed by atoms with Crippen molar-refractivity contribution < 1.29 is 4.74 Å². The summed E-state index contributed by atoms with van der Waals surface area (Å²) in [6.07, 6.45) is 1.97. The van der Waals surface area contributed by atoms with E-state index in [2.05, 4.69) is 42.2 Å². The lowest BCUT2D eigenvalue weighted by Crippen LogP contribution is -2.43. The van der Waals surface area contributed by atoms with E-state index in [0.29, 0.717) is 6.73 Å². The zero-order chi connectivity index (χ0) is 16.1. The maximum Gasteiger partial charge on any atom is 0.194 e. The molecule has 0 unspecified atom stereocenters. The van der Waals surface area contributed by atoms with Crippen molar-refractivity contribution in [2.24, 2.45) is 4.99 Å². The average molecular weight is 398 g/mol. The second-order valence-electron chi connectivity index (χ2n) is 5.33. The van der Waals surface area contributed by atoms with Gasteiger partial charge in [0.2, 0.25) is 0 Å². The molecule has 1 aliphatic rings. The summed E-state index contributed by atoms with van der Waals surface area (Å²) in [6.45, 7) is 5.57. The molecule has 2 aromatic rings. The molecule has 1 N–H and O–H groups in total. The van der Waals surface area contributed by atoms with Crippen LogP contribution in [0.1, 0.15) is 5.69 Å². The van der Waals surface area contributed by atoms with Crippen LogP contribution in [0.2, 0.25) is 0 Å². The number of ether oxygens (including phenoxy) is 1. The lowest BCUT2D eigenvalue weighted by Gasteiger charge is -2.26. The Bertz CT molecular complexity index is 708. The van der Waals surface area contributed by atoms with Gasteiger partial charge in [0.05, 0.1) is 9.48 Å². The van der Waals surface area contributed by atoms with Crippen LogP contribution in [0.25, 0.3) is 0 Å². The van der Waals surface area contributed by atoms with Crippen LogP contribution in [0.4, 0.5) is 5.82 Å². The second kappa shape index (κ2) is 8.16. The van der Waals surface area contributed by atoms with Crippen molar-refractivity contribution in [2.75, 3.05) is 33.3 Å². The highest BCUT2D eigenvalue weighted by Crippen LogP contribution is 2.15. The molecule has 0 aliphatic carbocycles. The van der Waals surface area contributed by atoms with Crippen molar-refractivity contribution in [1.29, 1.82) is 0 Å². The highest BCUT2D eigenvalue weighted by Gasteiger charge is 2.10. The fourth-order valence-corrected chi connectivity index (χ4v) is 3.88. The SMILES string of the molecule is COCn1cc(Br)s/c1=N\c1cccc(CN2CCNCC2)n1. The Balaban J connectivity index is 1.80. The molecule has 0 radical (unpaired) electrons. The van der Waals surface area contributed by atoms with Gasteiger partial charge >= 0.3 is 0 Å². The fourth-order valence-electron chi connectivity index (χ4n) is 2.48. The number of aromatic nitrogens is 2. The van der Waals surface area contributed by atoms with Crippen LogP contribution in [0.3, 0.4) is 0 Å². The largest absolute Gasteiger partial charge is 0.364 e. The first-order chi connectivity index (χ1) is 11.2. The number of rotatable bonds is 5. The Morgan fingerprint density at radius 2 is 2.22 bits per heavy atom. The number of thiazole rings is 1. The fraction of sp³-hybridized carbons (Fsp3) is 0.467. The van der Waals surface area contributed by atoms with Crippen molar-refractivity contribution >= 4 is 33.1 Å². The van der Waals surface area contributed by atoms with Gasteiger partial charge in [-0.1, -0.05) is 17.4 Å². The predicted molar refractivity (Wildman–Crippen MR) is 94.6 cm³/mol. The van der Waals surface area contributed by atoms with Gasteiger partial charge in [0, 0.05) is 46.0 Å². The van der Waals surface area contributed by atoms with Crippen LogP contribution in [0.15, 0.2) is 33.2 Å². The van der Waals surface area contributed by atoms with Gasteiger partial charge in [-0.3, -0.25) is 9.47 Å². The van der Waals surface area contributed by atoms with Gasteiger partial charge in [-0.25, -0.2) is 9.98 Å². The first-order valence-electron chi connectivity index (χ1n) is 7.53. The third-order valence-electron chi connectivity index (χ3n) is 3.56. The average Bonchev–Trinajstić information content (AvgIpc) is 2.88. The first kappa shape index (κ1) is 16.8. The smallest absolute Gasteiger partial charge is 0.194 e. The minimum absolute atomic E-state index is 0.474. The molecule has 0 atom stereocenters. The minimum Gasteiger partial charge on any atom is -0.364 e. The third kappa shape index (κ3) is 4.71. The van der Waals surface area contributed by atoms with Gasteiger partial charge < -0.3 is 10.1 Å². The second-order valence-corrected chi connectivity index (χ2v) is 7.72. The molecule has 1 aliphatic heterocycles. The molecular formula is C15H20BrN5OS. The standard InChI is InChI=1S/C15H20BrN5OS/c1-22-11-21-10-13(16)23-15(21)19-14-4-2-3-12(18-14)9-20-7-5-17-6-8-20/h2-4,10,17H,5-9,11H2,1H3/b19-15-. The number of halogens is 1. The van der Waals surface area contributed by atoms with Gasteiger partial charge in [-0.15, -0.1) is 0 Å². The Labute approximate surface area is 148 Å². The third-order valence-corrected chi connectivity index (χ3v) is 5.06. The van der Waals surface area contributed by atoms with E-state index >= 15 is 0 Å². The zero-order valence-corrected chi connectivity index (χ0v) is 15.4. The van der Waals surface area contributed by atoms with Crippen LogP contribution in [-0.2, 0) is 18.0 Å². The van der Waals surface area contributed by atoms with E-state index in [4.69, 9.17) is 4.74 Å². The van der Waals surface area contributed by atoms with E-state index in [0.717, 1.165) is 52.8 Å². The van der Waals surface area contributed by atoms with Gasteiger partial charge in [-0.2, -0.15) is 0 Å². The molecule has 0 spiro atoms. The summed E-state index contributed by atoms with van der Waals surface area (Å²) in [4.78, 5) is 12.6. The maximum absolute atomic E-state index is 5.20. The predicted octanol–water partition coefficient (Wildman–Crippen LogP) is 1.95. The van der Waals surface area contributed by atoms with Crippen molar-refractivity contribution in [3.05, 3.63) is 38.7 Å². The molecular weight excluding hydrogens is 378 g/mol. The van der Waals surface area contributed by atoms with Crippen LogP contribution in [-0.4, -0.2) is 47.7 Å². The van der Waals surface area contributed by atoms with Crippen molar-refractivity contribution in [2.45, 2.75) is 13.3 Å². The van der Waals surface area contributed by atoms with Crippen molar-refractivity contribution in [1.82, 2.24) is 19.8 Å². The molecule has 1 fully saturated rings. The van der Waals surface area contributed by atoms with E-state index in [9.17, 15) is 0 Å². The van der Waals surface area contributed by atoms with Gasteiger partial charge in [0.1, 0.15) is 6.73 Å². The normalized spacial score (nSPS) is 16.9. The van der Waals surface area contributed by atoms with Gasteiger partial charge in [0.25, 0.3) is 0 Å². The summed E-state index contributed by atoms with van der Waals surface area (Å²) in [7, 11) is 1.68. The number of nitrogens with zero attached hydrogens (tertiary/aromatic N) is 4. The summed E-state index contributed by atoms with van der Waals surface area (Å²) in [6, 6.07) is 6.02. The van der Waals surface area contributed by atoms with Gasteiger partial charge in [-0.05, 0) is 28.1 Å². The number of nitrogens with one attached hydrogen (secondary N) is 1. The molecule has 3 heterocycles. The summed E-state index contributed by atoms with van der Waals surface area (Å²) in [5, 5.41) is 3.37. The quantitative estimate of drug-likeness (QED) is 0.837. The van der Waals surface area contributed by atoms with Crippen LogP contribution < -0.4 is 10.1 Å². The molecule has 8 heteroatoms. The van der Waals surface area contributed by atoms with Crippen molar-refractivity contribution in [3.63, 3.8) is 0 Å². The van der Waals surface area contributed by atoms with E-state index < -0.39 is 0 Å². The molecule has 0 bridgehead atoms. The molecule has 1 saturated heterocycles. The highest BCUT2D eigenvalue weighted by atomic mass is 79.9. The minimum atomic E-state index is 0.474. The Kier molecular flexibility index (Phi) is 5.96. The van der Waals surface area contributed by atoms with Crippen LogP contribution in [0, 0.1) is 0 Å². The summed E-state index contributed by atoms with van der Waals surface area (Å²) >= 11 is 5.06. The van der Waals surface area contributed by atoms with Crippen LogP contribution in [0.5, 0.6) is 0 Å². The topological polar surface area (TPSA) is 54.7 Å². The molecule has 0 amide bonds. The Hall–Kier alpha value is -1.06. The highest BCUT2D eigenvalue weighted by molar-refractivity contribution is 9.11. The number of hydrogen-bond acceptors (Lipinski definition) is 6. The van der Waals surface area contributed by atoms with E-state index in [1.54, 1.807) is 18.4 Å².